The molecular formula is C13H14N6O3S. The van der Waals surface area contributed by atoms with Gasteiger partial charge in [0, 0.05) is 6.54 Å². The Labute approximate surface area is 131 Å². The molecule has 0 amide bonds. The average Bonchev–Trinajstić information content (AvgIpc) is 3.14. The summed E-state index contributed by atoms with van der Waals surface area (Å²) >= 11 is 0. The fourth-order valence-electron chi connectivity index (χ4n) is 2.73. The van der Waals surface area contributed by atoms with Crippen LogP contribution in [0, 0.1) is 6.92 Å². The number of nitrogens with zero attached hydrogens (tertiary/aromatic N) is 5. The zero-order chi connectivity index (χ0) is 16.0. The highest BCUT2D eigenvalue weighted by atomic mass is 32.2. The van der Waals surface area contributed by atoms with Crippen LogP contribution in [-0.2, 0) is 16.6 Å². The van der Waals surface area contributed by atoms with E-state index in [1.807, 2.05) is 0 Å². The van der Waals surface area contributed by atoms with Crippen LogP contribution in [-0.4, -0.2) is 33.3 Å². The molecule has 23 heavy (non-hydrogen) atoms. The molecule has 0 aliphatic carbocycles. The van der Waals surface area contributed by atoms with Crippen molar-refractivity contribution in [2.45, 2.75) is 37.2 Å². The third-order valence-corrected chi connectivity index (χ3v) is 5.35. The highest BCUT2D eigenvalue weighted by Crippen LogP contribution is 2.25. The summed E-state index contributed by atoms with van der Waals surface area (Å²) in [5, 5.41) is 8.46. The molecule has 0 bridgehead atoms. The van der Waals surface area contributed by atoms with Gasteiger partial charge in [-0.05, 0) is 25.8 Å². The summed E-state index contributed by atoms with van der Waals surface area (Å²) in [5.74, 6) is 0.634. The summed E-state index contributed by atoms with van der Waals surface area (Å²) in [4.78, 5) is 8.25. The summed E-state index contributed by atoms with van der Waals surface area (Å²) in [5.41, 5.74) is 0.917. The van der Waals surface area contributed by atoms with E-state index in [4.69, 9.17) is 4.52 Å². The molecule has 4 rings (SSSR count). The van der Waals surface area contributed by atoms with Gasteiger partial charge >= 0.3 is 0 Å². The fraction of sp³-hybridized carbons (Fsp3) is 0.385. The molecule has 10 heteroatoms. The molecule has 1 N–H and O–H groups in total. The second-order valence-electron chi connectivity index (χ2n) is 5.45. The predicted octanol–water partition coefficient (Wildman–Crippen LogP) is 0.936. The van der Waals surface area contributed by atoms with Crippen molar-refractivity contribution >= 4 is 21.1 Å². The van der Waals surface area contributed by atoms with Gasteiger partial charge in [0.2, 0.25) is 10.0 Å². The zero-order valence-electron chi connectivity index (χ0n) is 12.3. The second-order valence-corrected chi connectivity index (χ2v) is 7.16. The summed E-state index contributed by atoms with van der Waals surface area (Å²) in [6.45, 7) is 2.49. The Kier molecular flexibility index (Phi) is 3.16. The van der Waals surface area contributed by atoms with Crippen LogP contribution < -0.4 is 4.72 Å². The maximum Gasteiger partial charge on any atom is 0.257 e. The normalized spacial score (nSPS) is 18.2. The van der Waals surface area contributed by atoms with Crippen LogP contribution in [0.25, 0.3) is 11.1 Å². The highest BCUT2D eigenvalue weighted by molar-refractivity contribution is 7.89. The first kappa shape index (κ1) is 14.3. The van der Waals surface area contributed by atoms with E-state index in [1.165, 1.54) is 18.6 Å². The third-order valence-electron chi connectivity index (χ3n) is 3.91. The van der Waals surface area contributed by atoms with Crippen LogP contribution in [0.3, 0.4) is 0 Å². The van der Waals surface area contributed by atoms with Gasteiger partial charge in [-0.15, -0.1) is 0 Å². The van der Waals surface area contributed by atoms with E-state index in [-0.39, 0.29) is 4.90 Å². The molecule has 120 valence electrons. The van der Waals surface area contributed by atoms with Gasteiger partial charge in [0.15, 0.2) is 0 Å². The van der Waals surface area contributed by atoms with Gasteiger partial charge in [-0.3, -0.25) is 0 Å². The van der Waals surface area contributed by atoms with Crippen LogP contribution >= 0.6 is 0 Å². The van der Waals surface area contributed by atoms with E-state index in [0.29, 0.717) is 29.0 Å². The fourth-order valence-corrected chi connectivity index (χ4v) is 3.93. The summed E-state index contributed by atoms with van der Waals surface area (Å²) in [7, 11) is -3.73. The summed E-state index contributed by atoms with van der Waals surface area (Å²) in [6, 6.07) is 1.12. The molecule has 9 nitrogen and oxygen atoms in total. The smallest absolute Gasteiger partial charge is 0.257 e. The largest absolute Gasteiger partial charge is 0.336 e. The zero-order valence-corrected chi connectivity index (χ0v) is 13.1. The van der Waals surface area contributed by atoms with E-state index < -0.39 is 16.1 Å². The van der Waals surface area contributed by atoms with Crippen LogP contribution in [0.2, 0.25) is 0 Å². The lowest BCUT2D eigenvalue weighted by Gasteiger charge is -2.22. The minimum atomic E-state index is -3.73. The van der Waals surface area contributed by atoms with E-state index >= 15 is 0 Å². The van der Waals surface area contributed by atoms with Crippen molar-refractivity contribution in [3.63, 3.8) is 0 Å². The van der Waals surface area contributed by atoms with Crippen LogP contribution in [0.5, 0.6) is 0 Å². The lowest BCUT2D eigenvalue weighted by molar-refractivity contribution is 0.400. The molecule has 0 saturated heterocycles. The maximum atomic E-state index is 12.6. The van der Waals surface area contributed by atoms with Crippen LogP contribution in [0.4, 0.5) is 0 Å². The first-order valence-corrected chi connectivity index (χ1v) is 8.65. The topological polar surface area (TPSA) is 116 Å². The molecule has 1 aliphatic heterocycles. The van der Waals surface area contributed by atoms with Gasteiger partial charge in [-0.1, -0.05) is 5.16 Å². The van der Waals surface area contributed by atoms with E-state index in [0.717, 1.165) is 13.0 Å². The second kappa shape index (κ2) is 5.10. The number of hydrogen-bond acceptors (Lipinski definition) is 7. The highest BCUT2D eigenvalue weighted by Gasteiger charge is 2.28. The molecule has 4 heterocycles. The molecule has 0 radical (unpaired) electrons. The van der Waals surface area contributed by atoms with Crippen LogP contribution in [0.15, 0.2) is 28.0 Å². The standard InChI is InChI=1S/C13H14N6O3S/c1-8-10-5-9(6-14-13(10)22-17-8)23(20,21)18-11-3-2-4-19-12(11)15-7-16-19/h5-7,11,18H,2-4H2,1H3/t11-/m1/s1. The molecule has 0 spiro atoms. The number of pyridine rings is 1. The molecule has 0 fully saturated rings. The Morgan fingerprint density at radius 3 is 3.13 bits per heavy atom. The number of fused-ring (bicyclic) bond motifs is 2. The number of nitrogens with one attached hydrogen (secondary N) is 1. The van der Waals surface area contributed by atoms with Crippen molar-refractivity contribution in [1.29, 1.82) is 0 Å². The minimum Gasteiger partial charge on any atom is -0.336 e. The van der Waals surface area contributed by atoms with Crippen molar-refractivity contribution in [3.8, 4) is 0 Å². The van der Waals surface area contributed by atoms with Gasteiger partial charge in [0.1, 0.15) is 17.0 Å². The number of aryl methyl sites for hydroxylation is 2. The van der Waals surface area contributed by atoms with Crippen molar-refractivity contribution in [2.75, 3.05) is 0 Å². The lowest BCUT2D eigenvalue weighted by Crippen LogP contribution is -2.33. The molecule has 0 unspecified atom stereocenters. The average molecular weight is 334 g/mol. The van der Waals surface area contributed by atoms with Crippen molar-refractivity contribution < 1.29 is 12.9 Å². The molecule has 3 aromatic rings. The number of sulfonamides is 1. The lowest BCUT2D eigenvalue weighted by atomic mass is 10.1. The number of aromatic nitrogens is 5. The summed E-state index contributed by atoms with van der Waals surface area (Å²) in [6.07, 6.45) is 4.23. The van der Waals surface area contributed by atoms with Crippen molar-refractivity contribution in [2.24, 2.45) is 0 Å². The van der Waals surface area contributed by atoms with Crippen molar-refractivity contribution in [3.05, 3.63) is 30.1 Å². The monoisotopic (exact) mass is 334 g/mol. The Hall–Kier alpha value is -2.33. The van der Waals surface area contributed by atoms with Gasteiger partial charge in [0.05, 0.1) is 23.3 Å². The molecule has 1 aliphatic rings. The molecule has 1 atom stereocenters. The minimum absolute atomic E-state index is 0.0768. The SMILES string of the molecule is Cc1noc2ncc(S(=O)(=O)N[C@@H]3CCCn4ncnc43)cc12. The van der Waals surface area contributed by atoms with Gasteiger partial charge < -0.3 is 4.52 Å². The van der Waals surface area contributed by atoms with E-state index in [1.54, 1.807) is 11.6 Å². The summed E-state index contributed by atoms with van der Waals surface area (Å²) < 4.78 is 34.7. The quantitative estimate of drug-likeness (QED) is 0.757. The maximum absolute atomic E-state index is 12.6. The predicted molar refractivity (Wildman–Crippen MR) is 78.9 cm³/mol. The van der Waals surface area contributed by atoms with Crippen LogP contribution in [0.1, 0.15) is 30.4 Å². The Morgan fingerprint density at radius 2 is 2.26 bits per heavy atom. The van der Waals surface area contributed by atoms with Crippen molar-refractivity contribution in [1.82, 2.24) is 29.6 Å². The molecule has 0 saturated carbocycles. The Morgan fingerprint density at radius 1 is 1.39 bits per heavy atom. The molecule has 3 aromatic heterocycles. The third kappa shape index (κ3) is 2.39. The first-order chi connectivity index (χ1) is 11.0. The first-order valence-electron chi connectivity index (χ1n) is 7.17. The molecular weight excluding hydrogens is 320 g/mol. The van der Waals surface area contributed by atoms with E-state index in [2.05, 4.69) is 24.9 Å². The van der Waals surface area contributed by atoms with E-state index in [9.17, 15) is 8.42 Å². The van der Waals surface area contributed by atoms with Gasteiger partial charge in [-0.25, -0.2) is 27.8 Å². The number of rotatable bonds is 3. The Bertz CT molecular complexity index is 977. The number of hydrogen-bond donors (Lipinski definition) is 1. The Balaban J connectivity index is 1.69. The van der Waals surface area contributed by atoms with Gasteiger partial charge in [-0.2, -0.15) is 5.10 Å². The molecule has 0 aromatic carbocycles. The van der Waals surface area contributed by atoms with Gasteiger partial charge in [0.25, 0.3) is 5.71 Å².